The first-order valence-electron chi connectivity index (χ1n) is 3.84. The van der Waals surface area contributed by atoms with Crippen LogP contribution in [0.3, 0.4) is 0 Å². The van der Waals surface area contributed by atoms with Crippen LogP contribution < -0.4 is 10.6 Å². The molecule has 2 heteroatoms. The molecule has 1 aromatic carbocycles. The minimum atomic E-state index is 1.08. The van der Waals surface area contributed by atoms with Gasteiger partial charge in [0, 0.05) is 12.7 Å². The summed E-state index contributed by atoms with van der Waals surface area (Å²) in [5, 5.41) is 4.42. The van der Waals surface area contributed by atoms with Gasteiger partial charge in [0.05, 0.1) is 0 Å². The van der Waals surface area contributed by atoms with Crippen molar-refractivity contribution in [3.8, 4) is 0 Å². The fourth-order valence-corrected chi connectivity index (χ4v) is 1.45. The zero-order chi connectivity index (χ0) is 8.27. The molecule has 1 nitrogen and oxygen atoms in total. The standard InChI is InChI=1S/C9H14NP/c1-3-7-6-8(11)4-5-9(7)10-2/h4-6,10H,3,11H2,1-2H3. The maximum absolute atomic E-state index is 3.16. The van der Waals surface area contributed by atoms with Gasteiger partial charge in [-0.2, -0.15) is 0 Å². The molecule has 0 amide bonds. The number of nitrogens with one attached hydrogen (secondary N) is 1. The lowest BCUT2D eigenvalue weighted by molar-refractivity contribution is 1.14. The molecule has 11 heavy (non-hydrogen) atoms. The molecule has 0 radical (unpaired) electrons. The van der Waals surface area contributed by atoms with Crippen molar-refractivity contribution in [3.63, 3.8) is 0 Å². The topological polar surface area (TPSA) is 12.0 Å². The lowest BCUT2D eigenvalue weighted by Gasteiger charge is -2.07. The monoisotopic (exact) mass is 167 g/mol. The molecule has 0 heterocycles. The van der Waals surface area contributed by atoms with Gasteiger partial charge in [-0.15, -0.1) is 9.24 Å². The Morgan fingerprint density at radius 2 is 2.18 bits per heavy atom. The predicted octanol–water partition coefficient (Wildman–Crippen LogP) is 1.79. The van der Waals surface area contributed by atoms with Crippen LogP contribution in [0.25, 0.3) is 0 Å². The molecule has 1 unspecified atom stereocenters. The van der Waals surface area contributed by atoms with Crippen LogP contribution in [0.15, 0.2) is 18.2 Å². The van der Waals surface area contributed by atoms with Gasteiger partial charge in [-0.3, -0.25) is 0 Å². The van der Waals surface area contributed by atoms with Crippen LogP contribution in [0.4, 0.5) is 5.69 Å². The second kappa shape index (κ2) is 3.73. The highest BCUT2D eigenvalue weighted by atomic mass is 31.0. The molecule has 1 rings (SSSR count). The highest BCUT2D eigenvalue weighted by molar-refractivity contribution is 7.27. The van der Waals surface area contributed by atoms with E-state index in [1.807, 2.05) is 7.05 Å². The maximum atomic E-state index is 3.16. The summed E-state index contributed by atoms with van der Waals surface area (Å²) >= 11 is 0. The zero-order valence-electron chi connectivity index (χ0n) is 7.02. The summed E-state index contributed by atoms with van der Waals surface area (Å²) in [6.45, 7) is 2.17. The molecule has 1 N–H and O–H groups in total. The van der Waals surface area contributed by atoms with Gasteiger partial charge in [-0.25, -0.2) is 0 Å². The summed E-state index contributed by atoms with van der Waals surface area (Å²) in [6.07, 6.45) is 1.08. The van der Waals surface area contributed by atoms with Crippen molar-refractivity contribution in [2.24, 2.45) is 0 Å². The summed E-state index contributed by atoms with van der Waals surface area (Å²) in [4.78, 5) is 0. The van der Waals surface area contributed by atoms with Gasteiger partial charge in [-0.05, 0) is 29.4 Å². The molecule has 0 saturated heterocycles. The molecule has 1 aromatic rings. The molecule has 0 aliphatic heterocycles. The summed E-state index contributed by atoms with van der Waals surface area (Å²) < 4.78 is 0. The smallest absolute Gasteiger partial charge is 0.0370 e. The number of aryl methyl sites for hydroxylation is 1. The molecule has 0 spiro atoms. The average molecular weight is 167 g/mol. The zero-order valence-corrected chi connectivity index (χ0v) is 8.17. The Hall–Kier alpha value is -0.550. The van der Waals surface area contributed by atoms with Crippen LogP contribution in [0.5, 0.6) is 0 Å². The molecule has 0 bridgehead atoms. The third-order valence-electron chi connectivity index (χ3n) is 1.78. The normalized spacial score (nSPS) is 9.73. The van der Waals surface area contributed by atoms with E-state index in [0.29, 0.717) is 0 Å². The van der Waals surface area contributed by atoms with Crippen molar-refractivity contribution < 1.29 is 0 Å². The lowest BCUT2D eigenvalue weighted by Crippen LogP contribution is -1.99. The van der Waals surface area contributed by atoms with Gasteiger partial charge in [0.1, 0.15) is 0 Å². The van der Waals surface area contributed by atoms with E-state index in [-0.39, 0.29) is 0 Å². The average Bonchev–Trinajstić information content (AvgIpc) is 2.04. The van der Waals surface area contributed by atoms with Gasteiger partial charge in [-0.1, -0.05) is 13.0 Å². The van der Waals surface area contributed by atoms with E-state index in [2.05, 4.69) is 39.7 Å². The molecule has 0 aliphatic rings. The van der Waals surface area contributed by atoms with Crippen molar-refractivity contribution in [3.05, 3.63) is 23.8 Å². The predicted molar refractivity (Wildman–Crippen MR) is 54.7 cm³/mol. The van der Waals surface area contributed by atoms with E-state index in [1.54, 1.807) is 0 Å². The Kier molecular flexibility index (Phi) is 2.90. The second-order valence-electron chi connectivity index (χ2n) is 2.52. The van der Waals surface area contributed by atoms with Crippen LogP contribution in [-0.2, 0) is 6.42 Å². The van der Waals surface area contributed by atoms with E-state index in [0.717, 1.165) is 6.42 Å². The first kappa shape index (κ1) is 8.55. The van der Waals surface area contributed by atoms with Crippen molar-refractivity contribution >= 4 is 20.2 Å². The Morgan fingerprint density at radius 3 is 2.73 bits per heavy atom. The van der Waals surface area contributed by atoms with Crippen LogP contribution in [0, 0.1) is 0 Å². The van der Waals surface area contributed by atoms with Gasteiger partial charge in [0.2, 0.25) is 0 Å². The fraction of sp³-hybridized carbons (Fsp3) is 0.333. The molecule has 0 aromatic heterocycles. The minimum absolute atomic E-state index is 1.08. The van der Waals surface area contributed by atoms with Crippen LogP contribution in [0.2, 0.25) is 0 Å². The van der Waals surface area contributed by atoms with Crippen molar-refractivity contribution in [1.29, 1.82) is 0 Å². The number of rotatable bonds is 2. The Balaban J connectivity index is 3.06. The van der Waals surface area contributed by atoms with Crippen LogP contribution >= 0.6 is 9.24 Å². The van der Waals surface area contributed by atoms with Gasteiger partial charge < -0.3 is 5.32 Å². The van der Waals surface area contributed by atoms with E-state index in [9.17, 15) is 0 Å². The molecule has 0 fully saturated rings. The molecule has 0 saturated carbocycles. The Labute approximate surface area is 70.4 Å². The lowest BCUT2D eigenvalue weighted by atomic mass is 10.1. The first-order chi connectivity index (χ1) is 5.27. The highest BCUT2D eigenvalue weighted by Gasteiger charge is 1.96. The summed E-state index contributed by atoms with van der Waals surface area (Å²) in [6, 6.07) is 6.40. The fourth-order valence-electron chi connectivity index (χ4n) is 1.15. The van der Waals surface area contributed by atoms with E-state index in [4.69, 9.17) is 0 Å². The third-order valence-corrected chi connectivity index (χ3v) is 2.14. The van der Waals surface area contributed by atoms with Crippen molar-refractivity contribution in [2.75, 3.05) is 12.4 Å². The summed E-state index contributed by atoms with van der Waals surface area (Å²) in [7, 11) is 4.66. The second-order valence-corrected chi connectivity index (χ2v) is 3.19. The van der Waals surface area contributed by atoms with Crippen LogP contribution in [-0.4, -0.2) is 7.05 Å². The summed E-state index contributed by atoms with van der Waals surface area (Å²) in [5.41, 5.74) is 2.61. The van der Waals surface area contributed by atoms with E-state index in [1.165, 1.54) is 16.6 Å². The molecular formula is C9H14NP. The van der Waals surface area contributed by atoms with E-state index >= 15 is 0 Å². The van der Waals surface area contributed by atoms with Crippen LogP contribution in [0.1, 0.15) is 12.5 Å². The van der Waals surface area contributed by atoms with Gasteiger partial charge in [0.15, 0.2) is 0 Å². The highest BCUT2D eigenvalue weighted by Crippen LogP contribution is 2.14. The Morgan fingerprint density at radius 1 is 1.45 bits per heavy atom. The molecule has 0 aliphatic carbocycles. The first-order valence-corrected chi connectivity index (χ1v) is 4.41. The largest absolute Gasteiger partial charge is 0.388 e. The third kappa shape index (κ3) is 1.94. The van der Waals surface area contributed by atoms with E-state index < -0.39 is 0 Å². The number of benzene rings is 1. The number of hydrogen-bond acceptors (Lipinski definition) is 1. The van der Waals surface area contributed by atoms with Crippen molar-refractivity contribution in [2.45, 2.75) is 13.3 Å². The maximum Gasteiger partial charge on any atom is 0.0370 e. The molecule has 60 valence electrons. The number of anilines is 1. The van der Waals surface area contributed by atoms with Crippen molar-refractivity contribution in [1.82, 2.24) is 0 Å². The van der Waals surface area contributed by atoms with Gasteiger partial charge in [0.25, 0.3) is 0 Å². The minimum Gasteiger partial charge on any atom is -0.388 e. The molecular weight excluding hydrogens is 153 g/mol. The molecule has 1 atom stereocenters. The summed E-state index contributed by atoms with van der Waals surface area (Å²) in [5.74, 6) is 0. The SMILES string of the molecule is CCc1cc(P)ccc1NC. The quantitative estimate of drug-likeness (QED) is 0.662. The number of hydrogen-bond donors (Lipinski definition) is 1. The Bertz CT molecular complexity index is 245. The van der Waals surface area contributed by atoms with Gasteiger partial charge >= 0.3 is 0 Å².